The van der Waals surface area contributed by atoms with Crippen molar-refractivity contribution in [3.63, 3.8) is 0 Å². The Bertz CT molecular complexity index is 246. The van der Waals surface area contributed by atoms with Crippen LogP contribution in [0.2, 0.25) is 0 Å². The monoisotopic (exact) mass is 258 g/mol. The predicted molar refractivity (Wildman–Crippen MR) is 70.8 cm³/mol. The van der Waals surface area contributed by atoms with Gasteiger partial charge in [-0.2, -0.15) is 0 Å². The number of hydrazine groups is 2. The van der Waals surface area contributed by atoms with Crippen LogP contribution in [0.3, 0.4) is 0 Å². The van der Waals surface area contributed by atoms with Crippen LogP contribution in [0.15, 0.2) is 0 Å². The average molecular weight is 258 g/mol. The quantitative estimate of drug-likeness (QED) is 0.200. The highest BCUT2D eigenvalue weighted by Gasteiger charge is 2.20. The van der Waals surface area contributed by atoms with Crippen LogP contribution in [0, 0.1) is 5.92 Å². The number of carbonyl (C=O) groups is 2. The summed E-state index contributed by atoms with van der Waals surface area (Å²) in [5.74, 6) is 9.08. The molecule has 6 heteroatoms. The van der Waals surface area contributed by atoms with Gasteiger partial charge in [-0.15, -0.1) is 0 Å². The van der Waals surface area contributed by atoms with Gasteiger partial charge >= 0.3 is 0 Å². The zero-order valence-corrected chi connectivity index (χ0v) is 11.2. The normalized spacial score (nSPS) is 11.9. The zero-order valence-electron chi connectivity index (χ0n) is 11.2. The zero-order chi connectivity index (χ0) is 13.8. The van der Waals surface area contributed by atoms with Gasteiger partial charge in [-0.05, 0) is 6.42 Å². The molecule has 0 heterocycles. The second kappa shape index (κ2) is 11.0. The first-order chi connectivity index (χ1) is 8.65. The van der Waals surface area contributed by atoms with Crippen molar-refractivity contribution >= 4 is 11.8 Å². The fraction of sp³-hybridized carbons (Fsp3) is 0.833. The Labute approximate surface area is 109 Å². The van der Waals surface area contributed by atoms with Crippen LogP contribution in [0.4, 0.5) is 0 Å². The van der Waals surface area contributed by atoms with E-state index in [2.05, 4.69) is 12.3 Å². The standard InChI is InChI=1S/C12H26N4O2/c1-2-3-4-5-6-7-8-10(12(18)16-14)9-11(17)15-13/h10H,2-9,13-14H2,1H3,(H,15,17)(H,16,18). The maximum atomic E-state index is 11.5. The maximum Gasteiger partial charge on any atom is 0.237 e. The summed E-state index contributed by atoms with van der Waals surface area (Å²) in [4.78, 5) is 22.6. The summed E-state index contributed by atoms with van der Waals surface area (Å²) >= 11 is 0. The first-order valence-corrected chi connectivity index (χ1v) is 6.65. The second-order valence-corrected chi connectivity index (χ2v) is 4.53. The Hall–Kier alpha value is -1.14. The van der Waals surface area contributed by atoms with Gasteiger partial charge < -0.3 is 0 Å². The lowest BCUT2D eigenvalue weighted by atomic mass is 9.96. The summed E-state index contributed by atoms with van der Waals surface area (Å²) < 4.78 is 0. The molecule has 0 aliphatic heterocycles. The Balaban J connectivity index is 3.87. The van der Waals surface area contributed by atoms with Gasteiger partial charge in [-0.1, -0.05) is 45.4 Å². The molecule has 106 valence electrons. The largest absolute Gasteiger partial charge is 0.294 e. The number of rotatable bonds is 10. The molecular formula is C12H26N4O2. The molecule has 1 atom stereocenters. The molecule has 0 aliphatic carbocycles. The SMILES string of the molecule is CCCCCCCCC(CC(=O)NN)C(=O)NN. The number of hydrogen-bond acceptors (Lipinski definition) is 4. The lowest BCUT2D eigenvalue weighted by Crippen LogP contribution is -2.39. The number of hydrogen-bond donors (Lipinski definition) is 4. The third kappa shape index (κ3) is 8.03. The van der Waals surface area contributed by atoms with Gasteiger partial charge in [-0.3, -0.25) is 20.4 Å². The van der Waals surface area contributed by atoms with Crippen molar-refractivity contribution in [1.82, 2.24) is 10.9 Å². The average Bonchev–Trinajstić information content (AvgIpc) is 2.40. The van der Waals surface area contributed by atoms with Crippen LogP contribution in [0.5, 0.6) is 0 Å². The van der Waals surface area contributed by atoms with Crippen molar-refractivity contribution in [2.45, 2.75) is 58.3 Å². The number of nitrogens with one attached hydrogen (secondary N) is 2. The van der Waals surface area contributed by atoms with E-state index in [1.54, 1.807) is 0 Å². The summed E-state index contributed by atoms with van der Waals surface area (Å²) in [6, 6.07) is 0. The molecule has 0 spiro atoms. The van der Waals surface area contributed by atoms with E-state index in [-0.39, 0.29) is 24.2 Å². The number of carbonyl (C=O) groups excluding carboxylic acids is 2. The lowest BCUT2D eigenvalue weighted by molar-refractivity contribution is -0.130. The third-order valence-electron chi connectivity index (χ3n) is 3.01. The summed E-state index contributed by atoms with van der Waals surface area (Å²) in [5.41, 5.74) is 4.13. The Kier molecular flexibility index (Phi) is 10.3. The second-order valence-electron chi connectivity index (χ2n) is 4.53. The summed E-state index contributed by atoms with van der Waals surface area (Å²) in [7, 11) is 0. The highest BCUT2D eigenvalue weighted by Crippen LogP contribution is 2.15. The number of amides is 2. The van der Waals surface area contributed by atoms with Crippen LogP contribution in [-0.2, 0) is 9.59 Å². The van der Waals surface area contributed by atoms with Gasteiger partial charge in [0, 0.05) is 12.3 Å². The highest BCUT2D eigenvalue weighted by molar-refractivity contribution is 5.85. The van der Waals surface area contributed by atoms with Crippen molar-refractivity contribution in [2.75, 3.05) is 0 Å². The van der Waals surface area contributed by atoms with Crippen LogP contribution >= 0.6 is 0 Å². The molecule has 6 N–H and O–H groups in total. The number of nitrogens with two attached hydrogens (primary N) is 2. The molecule has 0 radical (unpaired) electrons. The van der Waals surface area contributed by atoms with Crippen LogP contribution in [0.25, 0.3) is 0 Å². The van der Waals surface area contributed by atoms with E-state index < -0.39 is 0 Å². The lowest BCUT2D eigenvalue weighted by Gasteiger charge is -2.14. The molecule has 0 aromatic carbocycles. The van der Waals surface area contributed by atoms with Crippen molar-refractivity contribution in [1.29, 1.82) is 0 Å². The molecule has 0 aliphatic rings. The van der Waals surface area contributed by atoms with Crippen molar-refractivity contribution < 1.29 is 9.59 Å². The third-order valence-corrected chi connectivity index (χ3v) is 3.01. The molecular weight excluding hydrogens is 232 g/mol. The maximum absolute atomic E-state index is 11.5. The molecule has 0 bridgehead atoms. The predicted octanol–water partition coefficient (Wildman–Crippen LogP) is 0.723. The van der Waals surface area contributed by atoms with Crippen LogP contribution in [0.1, 0.15) is 58.3 Å². The van der Waals surface area contributed by atoms with Crippen molar-refractivity contribution in [2.24, 2.45) is 17.6 Å². The molecule has 0 rings (SSSR count). The summed E-state index contributed by atoms with van der Waals surface area (Å²) in [5, 5.41) is 0. The van der Waals surface area contributed by atoms with Crippen LogP contribution < -0.4 is 22.5 Å². The molecule has 2 amide bonds. The van der Waals surface area contributed by atoms with Gasteiger partial charge in [0.25, 0.3) is 0 Å². The first kappa shape index (κ1) is 16.9. The number of unbranched alkanes of at least 4 members (excludes halogenated alkanes) is 5. The molecule has 0 saturated heterocycles. The van der Waals surface area contributed by atoms with Crippen molar-refractivity contribution in [3.8, 4) is 0 Å². The Morgan fingerprint density at radius 2 is 1.61 bits per heavy atom. The summed E-state index contributed by atoms with van der Waals surface area (Å²) in [6.07, 6.45) is 7.65. The van der Waals surface area contributed by atoms with Gasteiger partial charge in [0.15, 0.2) is 0 Å². The van der Waals surface area contributed by atoms with Gasteiger partial charge in [-0.25, -0.2) is 11.7 Å². The van der Waals surface area contributed by atoms with E-state index in [0.717, 1.165) is 12.8 Å². The van der Waals surface area contributed by atoms with Crippen LogP contribution in [-0.4, -0.2) is 11.8 Å². The van der Waals surface area contributed by atoms with Gasteiger partial charge in [0.05, 0.1) is 0 Å². The molecule has 6 nitrogen and oxygen atoms in total. The molecule has 1 unspecified atom stereocenters. The minimum absolute atomic E-state index is 0.0918. The molecule has 0 aromatic rings. The fourth-order valence-corrected chi connectivity index (χ4v) is 1.90. The van der Waals surface area contributed by atoms with Gasteiger partial charge in [0.1, 0.15) is 0 Å². The summed E-state index contributed by atoms with van der Waals surface area (Å²) in [6.45, 7) is 2.17. The van der Waals surface area contributed by atoms with E-state index in [1.165, 1.54) is 25.7 Å². The first-order valence-electron chi connectivity index (χ1n) is 6.65. The molecule has 0 aromatic heterocycles. The molecule has 0 saturated carbocycles. The topological polar surface area (TPSA) is 110 Å². The smallest absolute Gasteiger partial charge is 0.237 e. The Morgan fingerprint density at radius 1 is 1.00 bits per heavy atom. The van der Waals surface area contributed by atoms with E-state index in [1.807, 2.05) is 5.43 Å². The van der Waals surface area contributed by atoms with E-state index in [0.29, 0.717) is 6.42 Å². The molecule has 18 heavy (non-hydrogen) atoms. The fourth-order valence-electron chi connectivity index (χ4n) is 1.90. The van der Waals surface area contributed by atoms with E-state index >= 15 is 0 Å². The highest BCUT2D eigenvalue weighted by atomic mass is 16.2. The minimum Gasteiger partial charge on any atom is -0.294 e. The minimum atomic E-state index is -0.385. The molecule has 0 fully saturated rings. The van der Waals surface area contributed by atoms with Gasteiger partial charge in [0.2, 0.25) is 11.8 Å². The van der Waals surface area contributed by atoms with Crippen molar-refractivity contribution in [3.05, 3.63) is 0 Å². The van der Waals surface area contributed by atoms with E-state index in [9.17, 15) is 9.59 Å². The van der Waals surface area contributed by atoms with E-state index in [4.69, 9.17) is 11.7 Å². The Morgan fingerprint density at radius 3 is 2.17 bits per heavy atom.